The minimum atomic E-state index is -0.283. The summed E-state index contributed by atoms with van der Waals surface area (Å²) in [7, 11) is 0. The molecule has 0 saturated carbocycles. The molecule has 4 rings (SSSR count). The minimum absolute atomic E-state index is 0.0731. The number of carbonyl (C=O) groups excluding carboxylic acids is 1. The fourth-order valence-corrected chi connectivity index (χ4v) is 4.32. The highest BCUT2D eigenvalue weighted by Gasteiger charge is 2.31. The maximum atomic E-state index is 13.3. The fourth-order valence-electron chi connectivity index (χ4n) is 3.62. The van der Waals surface area contributed by atoms with Crippen molar-refractivity contribution in [1.29, 1.82) is 0 Å². The van der Waals surface area contributed by atoms with Gasteiger partial charge in [-0.05, 0) is 30.5 Å². The van der Waals surface area contributed by atoms with E-state index in [2.05, 4.69) is 15.2 Å². The number of hydrogen-bond acceptors (Lipinski definition) is 5. The van der Waals surface area contributed by atoms with E-state index >= 15 is 0 Å². The van der Waals surface area contributed by atoms with Crippen LogP contribution in [0.15, 0.2) is 35.8 Å². The SMILES string of the molecule is O=C(NC(c1ccc(F)cc1)C1CCCO1)N1CCN(c2nccs2)CC1. The van der Waals surface area contributed by atoms with Crippen molar-refractivity contribution in [3.63, 3.8) is 0 Å². The third-order valence-corrected chi connectivity index (χ3v) is 5.93. The van der Waals surface area contributed by atoms with Crippen molar-refractivity contribution in [1.82, 2.24) is 15.2 Å². The van der Waals surface area contributed by atoms with Gasteiger partial charge in [0.25, 0.3) is 0 Å². The van der Waals surface area contributed by atoms with Crippen molar-refractivity contribution in [3.8, 4) is 0 Å². The largest absolute Gasteiger partial charge is 0.376 e. The van der Waals surface area contributed by atoms with Gasteiger partial charge in [0.1, 0.15) is 5.82 Å². The molecule has 1 N–H and O–H groups in total. The number of nitrogens with zero attached hydrogens (tertiary/aromatic N) is 3. The van der Waals surface area contributed by atoms with Crippen LogP contribution >= 0.6 is 11.3 Å². The summed E-state index contributed by atoms with van der Waals surface area (Å²) in [5.74, 6) is -0.283. The quantitative estimate of drug-likeness (QED) is 0.872. The summed E-state index contributed by atoms with van der Waals surface area (Å²) in [5, 5.41) is 6.08. The van der Waals surface area contributed by atoms with Crippen molar-refractivity contribution in [2.24, 2.45) is 0 Å². The van der Waals surface area contributed by atoms with E-state index in [0.29, 0.717) is 19.7 Å². The first kappa shape index (κ1) is 18.2. The molecule has 2 aromatic rings. The molecule has 1 aromatic heterocycles. The summed E-state index contributed by atoms with van der Waals surface area (Å²) < 4.78 is 19.1. The average molecular weight is 390 g/mol. The summed E-state index contributed by atoms with van der Waals surface area (Å²) in [6.07, 6.45) is 3.59. The molecular formula is C19H23FN4O2S. The number of thiazole rings is 1. The van der Waals surface area contributed by atoms with E-state index in [1.807, 2.05) is 10.3 Å². The van der Waals surface area contributed by atoms with Gasteiger partial charge < -0.3 is 19.9 Å². The Morgan fingerprint density at radius 1 is 1.26 bits per heavy atom. The lowest BCUT2D eigenvalue weighted by molar-refractivity contribution is 0.0777. The molecule has 0 radical (unpaired) electrons. The van der Waals surface area contributed by atoms with Crippen LogP contribution in [0.4, 0.5) is 14.3 Å². The number of hydrogen-bond donors (Lipinski definition) is 1. The molecule has 2 aliphatic heterocycles. The highest BCUT2D eigenvalue weighted by molar-refractivity contribution is 7.13. The van der Waals surface area contributed by atoms with Gasteiger partial charge in [-0.2, -0.15) is 0 Å². The molecule has 2 atom stereocenters. The zero-order valence-electron chi connectivity index (χ0n) is 15.0. The Hall–Kier alpha value is -2.19. The smallest absolute Gasteiger partial charge is 0.318 e. The minimum Gasteiger partial charge on any atom is -0.376 e. The Bertz CT molecular complexity index is 742. The number of aromatic nitrogens is 1. The lowest BCUT2D eigenvalue weighted by atomic mass is 9.99. The normalized spacial score (nSPS) is 21.3. The Kier molecular flexibility index (Phi) is 5.54. The van der Waals surface area contributed by atoms with E-state index in [4.69, 9.17) is 4.74 Å². The number of ether oxygens (including phenoxy) is 1. The number of halogens is 1. The molecule has 2 unspecified atom stereocenters. The molecule has 144 valence electrons. The van der Waals surface area contributed by atoms with Crippen LogP contribution in [0, 0.1) is 5.82 Å². The first-order valence-corrected chi connectivity index (χ1v) is 10.2. The van der Waals surface area contributed by atoms with Crippen LogP contribution in [0.25, 0.3) is 0 Å². The first-order valence-electron chi connectivity index (χ1n) is 9.27. The molecule has 6 nitrogen and oxygen atoms in total. The second-order valence-electron chi connectivity index (χ2n) is 6.82. The van der Waals surface area contributed by atoms with E-state index in [0.717, 1.165) is 36.6 Å². The summed E-state index contributed by atoms with van der Waals surface area (Å²) in [6.45, 7) is 3.52. The van der Waals surface area contributed by atoms with E-state index in [1.165, 1.54) is 12.1 Å². The number of urea groups is 1. The van der Waals surface area contributed by atoms with E-state index < -0.39 is 0 Å². The number of rotatable bonds is 4. The monoisotopic (exact) mass is 390 g/mol. The summed E-state index contributed by atoms with van der Waals surface area (Å²) in [6, 6.07) is 5.94. The second kappa shape index (κ2) is 8.22. The average Bonchev–Trinajstić information content (AvgIpc) is 3.41. The molecule has 2 saturated heterocycles. The molecule has 1 aromatic carbocycles. The van der Waals surface area contributed by atoms with Crippen LogP contribution in [-0.2, 0) is 4.74 Å². The van der Waals surface area contributed by atoms with Gasteiger partial charge in [0.05, 0.1) is 12.1 Å². The van der Waals surface area contributed by atoms with Crippen LogP contribution in [0.5, 0.6) is 0 Å². The highest BCUT2D eigenvalue weighted by Crippen LogP contribution is 2.27. The zero-order valence-corrected chi connectivity index (χ0v) is 15.8. The van der Waals surface area contributed by atoms with Crippen LogP contribution in [0.1, 0.15) is 24.4 Å². The molecule has 27 heavy (non-hydrogen) atoms. The van der Waals surface area contributed by atoms with Crippen LogP contribution in [-0.4, -0.2) is 54.8 Å². The fraction of sp³-hybridized carbons (Fsp3) is 0.474. The Labute approximate surface area is 161 Å². The standard InChI is InChI=1S/C19H23FN4O2S/c20-15-5-3-14(4-6-15)17(16-2-1-12-26-16)22-18(25)23-8-10-24(11-9-23)19-21-7-13-27-19/h3-7,13,16-17H,1-2,8-12H2,(H,22,25). The van der Waals surface area contributed by atoms with E-state index in [-0.39, 0.29) is 24.0 Å². The van der Waals surface area contributed by atoms with E-state index in [9.17, 15) is 9.18 Å². The molecule has 0 bridgehead atoms. The Balaban J connectivity index is 1.40. The van der Waals surface area contributed by atoms with Crippen molar-refractivity contribution < 1.29 is 13.9 Å². The van der Waals surface area contributed by atoms with Gasteiger partial charge in [-0.15, -0.1) is 11.3 Å². The third-order valence-electron chi connectivity index (χ3n) is 5.10. The van der Waals surface area contributed by atoms with Gasteiger partial charge in [-0.3, -0.25) is 0 Å². The van der Waals surface area contributed by atoms with Gasteiger partial charge in [-0.25, -0.2) is 14.2 Å². The van der Waals surface area contributed by atoms with E-state index in [1.54, 1.807) is 29.7 Å². The van der Waals surface area contributed by atoms with Gasteiger partial charge in [0, 0.05) is 44.4 Å². The number of anilines is 1. The summed E-state index contributed by atoms with van der Waals surface area (Å²) in [4.78, 5) is 21.2. The van der Waals surface area contributed by atoms with Gasteiger partial charge in [0.2, 0.25) is 0 Å². The van der Waals surface area contributed by atoms with Gasteiger partial charge in [0.15, 0.2) is 5.13 Å². The number of nitrogens with one attached hydrogen (secondary N) is 1. The lowest BCUT2D eigenvalue weighted by Gasteiger charge is -2.36. The molecule has 0 spiro atoms. The van der Waals surface area contributed by atoms with Crippen molar-refractivity contribution in [3.05, 3.63) is 47.2 Å². The second-order valence-corrected chi connectivity index (χ2v) is 7.69. The van der Waals surface area contributed by atoms with Gasteiger partial charge >= 0.3 is 6.03 Å². The molecular weight excluding hydrogens is 367 g/mol. The molecule has 8 heteroatoms. The molecule has 2 amide bonds. The Morgan fingerprint density at radius 3 is 2.67 bits per heavy atom. The topological polar surface area (TPSA) is 57.7 Å². The van der Waals surface area contributed by atoms with Gasteiger partial charge in [-0.1, -0.05) is 12.1 Å². The van der Waals surface area contributed by atoms with Crippen LogP contribution in [0.3, 0.4) is 0 Å². The first-order chi connectivity index (χ1) is 13.2. The summed E-state index contributed by atoms with van der Waals surface area (Å²) in [5.41, 5.74) is 0.873. The van der Waals surface area contributed by atoms with Crippen molar-refractivity contribution in [2.75, 3.05) is 37.7 Å². The third kappa shape index (κ3) is 4.22. The van der Waals surface area contributed by atoms with Crippen LogP contribution in [0.2, 0.25) is 0 Å². The molecule has 0 aliphatic carbocycles. The highest BCUT2D eigenvalue weighted by atomic mass is 32.1. The maximum absolute atomic E-state index is 13.3. The number of benzene rings is 1. The molecule has 3 heterocycles. The van der Waals surface area contributed by atoms with Crippen LogP contribution < -0.4 is 10.2 Å². The number of carbonyl (C=O) groups is 1. The zero-order chi connectivity index (χ0) is 18.6. The maximum Gasteiger partial charge on any atom is 0.318 e. The Morgan fingerprint density at radius 2 is 2.04 bits per heavy atom. The lowest BCUT2D eigenvalue weighted by Crippen LogP contribution is -2.53. The molecule has 2 fully saturated rings. The summed E-state index contributed by atoms with van der Waals surface area (Å²) >= 11 is 1.61. The van der Waals surface area contributed by atoms with Crippen molar-refractivity contribution >= 4 is 22.5 Å². The number of piperazine rings is 1. The number of amides is 2. The van der Waals surface area contributed by atoms with Crippen molar-refractivity contribution in [2.45, 2.75) is 25.0 Å². The predicted molar refractivity (Wildman–Crippen MR) is 103 cm³/mol. The molecule has 2 aliphatic rings. The predicted octanol–water partition coefficient (Wildman–Crippen LogP) is 3.03.